The molecule has 1 heterocycles. The van der Waals surface area contributed by atoms with Gasteiger partial charge in [-0.3, -0.25) is 9.79 Å². The van der Waals surface area contributed by atoms with Crippen molar-refractivity contribution < 1.29 is 18.0 Å². The second-order valence-corrected chi connectivity index (χ2v) is 2.69. The molecular formula is C4H2F3NOS. The van der Waals surface area contributed by atoms with Gasteiger partial charge in [-0.1, -0.05) is 0 Å². The molecule has 1 atom stereocenters. The molecule has 1 unspecified atom stereocenters. The summed E-state index contributed by atoms with van der Waals surface area (Å²) >= 11 is 0.186. The Hall–Kier alpha value is -0.520. The highest BCUT2D eigenvalue weighted by molar-refractivity contribution is 8.16. The molecule has 1 aliphatic rings. The molecule has 0 bridgehead atoms. The van der Waals surface area contributed by atoms with Gasteiger partial charge in [-0.2, -0.15) is 13.2 Å². The molecule has 1 aliphatic heterocycles. The van der Waals surface area contributed by atoms with Crippen LogP contribution in [0.3, 0.4) is 0 Å². The summed E-state index contributed by atoms with van der Waals surface area (Å²) in [6, 6.07) is 0. The van der Waals surface area contributed by atoms with Gasteiger partial charge in [-0.05, 0) is 11.8 Å². The first-order chi connectivity index (χ1) is 4.50. The number of rotatable bonds is 0. The molecule has 0 amide bonds. The molecule has 0 spiro atoms. The van der Waals surface area contributed by atoms with Gasteiger partial charge in [0, 0.05) is 0 Å². The maximum atomic E-state index is 11.6. The van der Waals surface area contributed by atoms with Gasteiger partial charge in [0.15, 0.2) is 5.37 Å². The first kappa shape index (κ1) is 7.59. The Bertz CT molecular complexity index is 187. The normalized spacial score (nSPS) is 25.9. The minimum absolute atomic E-state index is 0.186. The standard InChI is InChI=1S/C4H2F3NOS/c5-4(6,7)3-8-1-2(9)10-3/h1,3H. The molecule has 10 heavy (non-hydrogen) atoms. The number of nitrogens with zero attached hydrogens (tertiary/aromatic N) is 1. The monoisotopic (exact) mass is 169 g/mol. The van der Waals surface area contributed by atoms with Crippen LogP contribution in [0.25, 0.3) is 0 Å². The van der Waals surface area contributed by atoms with E-state index >= 15 is 0 Å². The number of hydrogen-bond acceptors (Lipinski definition) is 3. The highest BCUT2D eigenvalue weighted by Crippen LogP contribution is 2.33. The molecule has 0 aromatic carbocycles. The molecule has 2 nitrogen and oxygen atoms in total. The van der Waals surface area contributed by atoms with E-state index in [-0.39, 0.29) is 11.8 Å². The van der Waals surface area contributed by atoms with E-state index < -0.39 is 16.7 Å². The van der Waals surface area contributed by atoms with Gasteiger partial charge < -0.3 is 0 Å². The minimum Gasteiger partial charge on any atom is -0.280 e. The van der Waals surface area contributed by atoms with E-state index in [1.54, 1.807) is 0 Å². The summed E-state index contributed by atoms with van der Waals surface area (Å²) in [7, 11) is 0. The third kappa shape index (κ3) is 1.50. The van der Waals surface area contributed by atoms with Crippen molar-refractivity contribution in [2.45, 2.75) is 11.6 Å². The van der Waals surface area contributed by atoms with E-state index in [1.807, 2.05) is 0 Å². The average Bonchev–Trinajstić information content (AvgIpc) is 2.11. The predicted octanol–water partition coefficient (Wildman–Crippen LogP) is 1.22. The van der Waals surface area contributed by atoms with E-state index in [0.29, 0.717) is 6.21 Å². The largest absolute Gasteiger partial charge is 0.420 e. The molecule has 0 saturated heterocycles. The number of carbonyl (C=O) groups is 1. The van der Waals surface area contributed by atoms with Crippen LogP contribution in [0.1, 0.15) is 0 Å². The maximum Gasteiger partial charge on any atom is 0.420 e. The zero-order valence-electron chi connectivity index (χ0n) is 4.55. The van der Waals surface area contributed by atoms with Crippen molar-refractivity contribution in [3.8, 4) is 0 Å². The Morgan fingerprint density at radius 2 is 2.20 bits per heavy atom. The zero-order chi connectivity index (χ0) is 7.78. The highest BCUT2D eigenvalue weighted by atomic mass is 32.2. The van der Waals surface area contributed by atoms with Crippen molar-refractivity contribution in [1.82, 2.24) is 0 Å². The quantitative estimate of drug-likeness (QED) is 0.545. The molecule has 0 aromatic heterocycles. The zero-order valence-corrected chi connectivity index (χ0v) is 5.37. The van der Waals surface area contributed by atoms with E-state index in [4.69, 9.17) is 0 Å². The summed E-state index contributed by atoms with van der Waals surface area (Å²) in [4.78, 5) is 13.2. The first-order valence-corrected chi connectivity index (χ1v) is 3.18. The van der Waals surface area contributed by atoms with Crippen LogP contribution in [0.4, 0.5) is 13.2 Å². The van der Waals surface area contributed by atoms with Crippen LogP contribution in [-0.4, -0.2) is 22.9 Å². The van der Waals surface area contributed by atoms with Crippen LogP contribution < -0.4 is 0 Å². The van der Waals surface area contributed by atoms with Gasteiger partial charge in [0.1, 0.15) is 0 Å². The number of halogens is 3. The molecule has 0 N–H and O–H groups in total. The molecule has 1 rings (SSSR count). The van der Waals surface area contributed by atoms with Crippen LogP contribution in [0.5, 0.6) is 0 Å². The molecule has 0 aromatic rings. The molecule has 0 aliphatic carbocycles. The van der Waals surface area contributed by atoms with Gasteiger partial charge in [0.25, 0.3) is 0 Å². The third-order valence-electron chi connectivity index (χ3n) is 0.823. The van der Waals surface area contributed by atoms with Gasteiger partial charge in [-0.25, -0.2) is 0 Å². The van der Waals surface area contributed by atoms with Crippen molar-refractivity contribution in [2.24, 2.45) is 4.99 Å². The maximum absolute atomic E-state index is 11.6. The number of thioether (sulfide) groups is 1. The van der Waals surface area contributed by atoms with Gasteiger partial charge >= 0.3 is 6.18 Å². The van der Waals surface area contributed by atoms with E-state index in [9.17, 15) is 18.0 Å². The topological polar surface area (TPSA) is 29.4 Å². The molecule has 6 heteroatoms. The summed E-state index contributed by atoms with van der Waals surface area (Å²) in [6.45, 7) is 0. The van der Waals surface area contributed by atoms with Gasteiger partial charge in [0.05, 0.1) is 6.21 Å². The number of hydrogen-bond donors (Lipinski definition) is 0. The summed E-state index contributed by atoms with van der Waals surface area (Å²) in [5.41, 5.74) is 0. The van der Waals surface area contributed by atoms with Crippen molar-refractivity contribution >= 4 is 23.1 Å². The lowest BCUT2D eigenvalue weighted by Gasteiger charge is -2.08. The lowest BCUT2D eigenvalue weighted by atomic mass is 10.6. The van der Waals surface area contributed by atoms with Crippen LogP contribution in [0, 0.1) is 0 Å². The second kappa shape index (κ2) is 2.26. The average molecular weight is 169 g/mol. The van der Waals surface area contributed by atoms with Crippen LogP contribution in [0.2, 0.25) is 0 Å². The SMILES string of the molecule is O=C1C=NC(C(F)(F)F)S1. The van der Waals surface area contributed by atoms with E-state index in [1.165, 1.54) is 0 Å². The highest BCUT2D eigenvalue weighted by Gasteiger charge is 2.43. The van der Waals surface area contributed by atoms with E-state index in [0.717, 1.165) is 0 Å². The fourth-order valence-electron chi connectivity index (χ4n) is 0.451. The predicted molar refractivity (Wildman–Crippen MR) is 30.9 cm³/mol. The Balaban J connectivity index is 2.63. The van der Waals surface area contributed by atoms with Crippen LogP contribution in [0.15, 0.2) is 4.99 Å². The third-order valence-corrected chi connectivity index (χ3v) is 1.77. The van der Waals surface area contributed by atoms with Crippen molar-refractivity contribution in [2.75, 3.05) is 0 Å². The lowest BCUT2D eigenvalue weighted by Crippen LogP contribution is -2.21. The lowest BCUT2D eigenvalue weighted by molar-refractivity contribution is -0.126. The Labute approximate surface area is 58.5 Å². The van der Waals surface area contributed by atoms with Crippen molar-refractivity contribution in [3.05, 3.63) is 0 Å². The molecule has 0 radical (unpaired) electrons. The molecule has 0 saturated carbocycles. The Morgan fingerprint density at radius 3 is 2.40 bits per heavy atom. The summed E-state index contributed by atoms with van der Waals surface area (Å²) < 4.78 is 34.9. The van der Waals surface area contributed by atoms with Gasteiger partial charge in [-0.15, -0.1) is 0 Å². The minimum atomic E-state index is -4.40. The second-order valence-electron chi connectivity index (χ2n) is 1.61. The molecule has 0 fully saturated rings. The summed E-state index contributed by atoms with van der Waals surface area (Å²) in [5.74, 6) is 0. The smallest absolute Gasteiger partial charge is 0.280 e. The fourth-order valence-corrected chi connectivity index (χ4v) is 1.05. The summed E-state index contributed by atoms with van der Waals surface area (Å²) in [6.07, 6.45) is -3.70. The van der Waals surface area contributed by atoms with Gasteiger partial charge in [0.2, 0.25) is 5.12 Å². The van der Waals surface area contributed by atoms with Crippen LogP contribution >= 0.6 is 11.8 Å². The van der Waals surface area contributed by atoms with E-state index in [2.05, 4.69) is 4.99 Å². The van der Waals surface area contributed by atoms with Crippen LogP contribution in [-0.2, 0) is 4.79 Å². The number of alkyl halides is 3. The first-order valence-electron chi connectivity index (χ1n) is 2.30. The van der Waals surface area contributed by atoms with Crippen molar-refractivity contribution in [1.29, 1.82) is 0 Å². The Kier molecular flexibility index (Phi) is 1.72. The number of aliphatic imine (C=N–C) groups is 1. The molecular weight excluding hydrogens is 167 g/mol. The van der Waals surface area contributed by atoms with Crippen molar-refractivity contribution in [3.63, 3.8) is 0 Å². The number of carbonyl (C=O) groups excluding carboxylic acids is 1. The fraction of sp³-hybridized carbons (Fsp3) is 0.500. The molecule has 56 valence electrons. The summed E-state index contributed by atoms with van der Waals surface area (Å²) in [5, 5.41) is -2.51. The Morgan fingerprint density at radius 1 is 1.60 bits per heavy atom.